The van der Waals surface area contributed by atoms with E-state index in [2.05, 4.69) is 16.5 Å². The van der Waals surface area contributed by atoms with Crippen molar-refractivity contribution >= 4 is 6.21 Å². The molecule has 1 rings (SSSR count). The van der Waals surface area contributed by atoms with Gasteiger partial charge in [-0.3, -0.25) is 4.99 Å². The van der Waals surface area contributed by atoms with Crippen molar-refractivity contribution in [2.75, 3.05) is 19.6 Å². The van der Waals surface area contributed by atoms with E-state index in [0.29, 0.717) is 0 Å². The van der Waals surface area contributed by atoms with E-state index >= 15 is 0 Å². The first-order chi connectivity index (χ1) is 5.50. The van der Waals surface area contributed by atoms with Crippen molar-refractivity contribution in [3.8, 4) is 0 Å². The van der Waals surface area contributed by atoms with Gasteiger partial charge in [0.2, 0.25) is 0 Å². The van der Waals surface area contributed by atoms with Gasteiger partial charge >= 0.3 is 0 Å². The second-order valence-corrected chi connectivity index (χ2v) is 3.04. The molecule has 0 spiro atoms. The molecule has 0 saturated carbocycles. The van der Waals surface area contributed by atoms with E-state index in [-0.39, 0.29) is 0 Å². The van der Waals surface area contributed by atoms with Crippen molar-refractivity contribution in [3.63, 3.8) is 0 Å². The van der Waals surface area contributed by atoms with Crippen LogP contribution in [0.2, 0.25) is 0 Å². The summed E-state index contributed by atoms with van der Waals surface area (Å²) in [6.07, 6.45) is 8.44. The van der Waals surface area contributed by atoms with Crippen molar-refractivity contribution in [1.82, 2.24) is 5.32 Å². The van der Waals surface area contributed by atoms with Crippen LogP contribution < -0.4 is 5.32 Å². The van der Waals surface area contributed by atoms with E-state index in [0.717, 1.165) is 13.1 Å². The highest BCUT2D eigenvalue weighted by atomic mass is 14.9. The van der Waals surface area contributed by atoms with Crippen molar-refractivity contribution < 1.29 is 0 Å². The Hall–Kier alpha value is -0.370. The lowest BCUT2D eigenvalue weighted by Crippen LogP contribution is -2.16. The second-order valence-electron chi connectivity index (χ2n) is 3.04. The fourth-order valence-electron chi connectivity index (χ4n) is 1.27. The minimum absolute atomic E-state index is 1.01. The van der Waals surface area contributed by atoms with Crippen LogP contribution in [-0.4, -0.2) is 25.8 Å². The van der Waals surface area contributed by atoms with Crippen LogP contribution in [0.5, 0.6) is 0 Å². The molecule has 0 amide bonds. The molecule has 0 radical (unpaired) electrons. The summed E-state index contributed by atoms with van der Waals surface area (Å²) < 4.78 is 0. The van der Waals surface area contributed by atoms with Gasteiger partial charge in [0.15, 0.2) is 0 Å². The van der Waals surface area contributed by atoms with Crippen molar-refractivity contribution in [2.24, 2.45) is 4.99 Å². The molecule has 0 unspecified atom stereocenters. The summed E-state index contributed by atoms with van der Waals surface area (Å²) in [5.41, 5.74) is 0. The monoisotopic (exact) mass is 154 g/mol. The van der Waals surface area contributed by atoms with E-state index in [1.807, 2.05) is 0 Å². The van der Waals surface area contributed by atoms with Gasteiger partial charge in [0.25, 0.3) is 0 Å². The first kappa shape index (κ1) is 8.72. The Morgan fingerprint density at radius 1 is 1.00 bits per heavy atom. The molecule has 2 heteroatoms. The molecule has 0 bridgehead atoms. The fraction of sp³-hybridized carbons (Fsp3) is 0.889. The standard InChI is InChI=1S/C9H18N2/c1-2-4-7-11-9-5-8-10-6-3-1/h6,11H,1-5,7-9H2. The zero-order valence-corrected chi connectivity index (χ0v) is 7.18. The third kappa shape index (κ3) is 4.96. The Balaban J connectivity index is 2.11. The molecule has 11 heavy (non-hydrogen) atoms. The lowest BCUT2D eigenvalue weighted by Gasteiger charge is -2.00. The molecule has 1 aliphatic heterocycles. The topological polar surface area (TPSA) is 24.4 Å². The van der Waals surface area contributed by atoms with E-state index in [9.17, 15) is 0 Å². The minimum atomic E-state index is 1.01. The van der Waals surface area contributed by atoms with Crippen LogP contribution in [0.4, 0.5) is 0 Å². The summed E-state index contributed by atoms with van der Waals surface area (Å²) in [4.78, 5) is 4.31. The van der Waals surface area contributed by atoms with Crippen LogP contribution in [0, 0.1) is 0 Å². The zero-order chi connectivity index (χ0) is 7.78. The SMILES string of the molecule is C1=NCCCNCCCCC1. The van der Waals surface area contributed by atoms with Crippen LogP contribution in [0.3, 0.4) is 0 Å². The zero-order valence-electron chi connectivity index (χ0n) is 7.18. The maximum absolute atomic E-state index is 4.31. The van der Waals surface area contributed by atoms with E-state index in [1.54, 1.807) is 0 Å². The molecule has 1 heterocycles. The molecule has 0 aromatic carbocycles. The summed E-state index contributed by atoms with van der Waals surface area (Å²) in [6, 6.07) is 0. The smallest absolute Gasteiger partial charge is 0.0397 e. The molecular formula is C9H18N2. The van der Waals surface area contributed by atoms with Gasteiger partial charge in [-0.2, -0.15) is 0 Å². The number of hydrogen-bond acceptors (Lipinski definition) is 2. The molecule has 0 saturated heterocycles. The van der Waals surface area contributed by atoms with E-state index < -0.39 is 0 Å². The van der Waals surface area contributed by atoms with Gasteiger partial charge < -0.3 is 5.32 Å². The van der Waals surface area contributed by atoms with Gasteiger partial charge in [0.05, 0.1) is 0 Å². The normalized spacial score (nSPS) is 22.5. The average Bonchev–Trinajstić information content (AvgIpc) is 2.08. The van der Waals surface area contributed by atoms with Crippen molar-refractivity contribution in [3.05, 3.63) is 0 Å². The summed E-state index contributed by atoms with van der Waals surface area (Å²) in [7, 11) is 0. The minimum Gasteiger partial charge on any atom is -0.317 e. The van der Waals surface area contributed by atoms with Gasteiger partial charge in [0.1, 0.15) is 0 Å². The number of aliphatic imine (C=N–C) groups is 1. The molecule has 0 aromatic rings. The lowest BCUT2D eigenvalue weighted by atomic mass is 10.2. The molecule has 1 aliphatic rings. The summed E-state index contributed by atoms with van der Waals surface area (Å²) in [6.45, 7) is 3.34. The highest BCUT2D eigenvalue weighted by Crippen LogP contribution is 1.97. The van der Waals surface area contributed by atoms with Crippen LogP contribution in [0.25, 0.3) is 0 Å². The van der Waals surface area contributed by atoms with Crippen LogP contribution in [0.1, 0.15) is 32.1 Å². The molecular weight excluding hydrogens is 136 g/mol. The van der Waals surface area contributed by atoms with Crippen LogP contribution in [-0.2, 0) is 0 Å². The van der Waals surface area contributed by atoms with Gasteiger partial charge in [-0.1, -0.05) is 6.42 Å². The van der Waals surface area contributed by atoms with Gasteiger partial charge in [-0.25, -0.2) is 0 Å². The molecule has 64 valence electrons. The van der Waals surface area contributed by atoms with Crippen LogP contribution in [0.15, 0.2) is 4.99 Å². The first-order valence-electron chi connectivity index (χ1n) is 4.69. The first-order valence-corrected chi connectivity index (χ1v) is 4.69. The summed E-state index contributed by atoms with van der Waals surface area (Å²) in [5.74, 6) is 0. The number of nitrogens with zero attached hydrogens (tertiary/aromatic N) is 1. The third-order valence-electron chi connectivity index (χ3n) is 1.96. The molecule has 2 nitrogen and oxygen atoms in total. The maximum atomic E-state index is 4.31. The van der Waals surface area contributed by atoms with E-state index in [1.165, 1.54) is 38.6 Å². The third-order valence-corrected chi connectivity index (χ3v) is 1.96. The fourth-order valence-corrected chi connectivity index (χ4v) is 1.27. The maximum Gasteiger partial charge on any atom is 0.0397 e. The van der Waals surface area contributed by atoms with Crippen molar-refractivity contribution in [2.45, 2.75) is 32.1 Å². The Bertz CT molecular complexity index is 98.1. The number of rotatable bonds is 0. The lowest BCUT2D eigenvalue weighted by molar-refractivity contribution is 0.603. The van der Waals surface area contributed by atoms with Crippen LogP contribution >= 0.6 is 0 Å². The van der Waals surface area contributed by atoms with Gasteiger partial charge in [-0.05, 0) is 45.0 Å². The molecule has 0 aromatic heterocycles. The molecule has 0 fully saturated rings. The Morgan fingerprint density at radius 3 is 2.91 bits per heavy atom. The van der Waals surface area contributed by atoms with Crippen molar-refractivity contribution in [1.29, 1.82) is 0 Å². The predicted molar refractivity (Wildman–Crippen MR) is 49.3 cm³/mol. The Morgan fingerprint density at radius 2 is 1.91 bits per heavy atom. The molecule has 1 N–H and O–H groups in total. The van der Waals surface area contributed by atoms with E-state index in [4.69, 9.17) is 0 Å². The highest BCUT2D eigenvalue weighted by molar-refractivity contribution is 5.56. The molecule has 0 aliphatic carbocycles. The summed E-state index contributed by atoms with van der Waals surface area (Å²) >= 11 is 0. The quantitative estimate of drug-likeness (QED) is 0.563. The largest absolute Gasteiger partial charge is 0.317 e. The summed E-state index contributed by atoms with van der Waals surface area (Å²) in [5, 5.41) is 3.41. The molecule has 0 atom stereocenters. The number of hydrogen-bond donors (Lipinski definition) is 1. The second kappa shape index (κ2) is 6.35. The number of nitrogens with one attached hydrogen (secondary N) is 1. The predicted octanol–water partition coefficient (Wildman–Crippen LogP) is 1.61. The Kier molecular flexibility index (Phi) is 5.03. The average molecular weight is 154 g/mol. The highest BCUT2D eigenvalue weighted by Gasteiger charge is 1.91. The Labute approximate surface area is 69.1 Å². The van der Waals surface area contributed by atoms with Gasteiger partial charge in [-0.15, -0.1) is 0 Å². The van der Waals surface area contributed by atoms with Gasteiger partial charge in [0, 0.05) is 6.54 Å².